The average molecular weight is 305 g/mol. The lowest BCUT2D eigenvalue weighted by Gasteiger charge is -2.07. The number of hydrogen-bond acceptors (Lipinski definition) is 3. The second-order valence-electron chi connectivity index (χ2n) is 3.57. The van der Waals surface area contributed by atoms with Gasteiger partial charge in [0.1, 0.15) is 4.90 Å². The lowest BCUT2D eigenvalue weighted by Crippen LogP contribution is -2.12. The average Bonchev–Trinajstić information content (AvgIpc) is 2.31. The molecule has 0 unspecified atom stereocenters. The fraction of sp³-hybridized carbons (Fsp3) is 0.250. The summed E-state index contributed by atoms with van der Waals surface area (Å²) in [6.45, 7) is 1.55. The molecule has 0 fully saturated rings. The van der Waals surface area contributed by atoms with E-state index in [1.54, 1.807) is 6.92 Å². The number of carboxylic acids is 1. The molecule has 0 spiro atoms. The van der Waals surface area contributed by atoms with Gasteiger partial charge in [-0.25, -0.2) is 17.6 Å². The van der Waals surface area contributed by atoms with Gasteiger partial charge in [0.25, 0.3) is 0 Å². The largest absolute Gasteiger partial charge is 0.478 e. The Morgan fingerprint density at radius 2 is 2.11 bits per heavy atom. The number of benzene rings is 1. The number of hydrogen-bond donors (Lipinski definition) is 1. The molecule has 1 rings (SSSR count). The van der Waals surface area contributed by atoms with E-state index in [2.05, 4.69) is 11.8 Å². The fourth-order valence-electron chi connectivity index (χ4n) is 1.37. The van der Waals surface area contributed by atoms with Crippen molar-refractivity contribution in [2.75, 3.05) is 5.75 Å². The van der Waals surface area contributed by atoms with Crippen LogP contribution in [0, 0.1) is 17.7 Å². The molecule has 0 heterocycles. The summed E-state index contributed by atoms with van der Waals surface area (Å²) in [6.07, 6.45) is 0.0349. The van der Waals surface area contributed by atoms with Crippen LogP contribution in [0.25, 0.3) is 0 Å². The van der Waals surface area contributed by atoms with Crippen molar-refractivity contribution in [2.45, 2.75) is 18.2 Å². The lowest BCUT2D eigenvalue weighted by molar-refractivity contribution is 0.0691. The SMILES string of the molecule is CC#CCCS(=O)(=O)c1cc(Cl)cc(C(=O)O)c1F. The first kappa shape index (κ1) is 15.5. The predicted molar refractivity (Wildman–Crippen MR) is 68.5 cm³/mol. The van der Waals surface area contributed by atoms with Gasteiger partial charge in [-0.05, 0) is 19.1 Å². The molecule has 0 amide bonds. The van der Waals surface area contributed by atoms with Crippen LogP contribution in [0.5, 0.6) is 0 Å². The van der Waals surface area contributed by atoms with Crippen molar-refractivity contribution in [3.05, 3.63) is 28.5 Å². The normalized spacial score (nSPS) is 10.7. The van der Waals surface area contributed by atoms with Crippen LogP contribution in [-0.4, -0.2) is 25.2 Å². The quantitative estimate of drug-likeness (QED) is 0.867. The third-order valence-corrected chi connectivity index (χ3v) is 4.17. The van der Waals surface area contributed by atoms with Gasteiger partial charge in [-0.1, -0.05) is 11.6 Å². The van der Waals surface area contributed by atoms with Crippen molar-refractivity contribution < 1.29 is 22.7 Å². The van der Waals surface area contributed by atoms with E-state index in [-0.39, 0.29) is 11.4 Å². The zero-order valence-corrected chi connectivity index (χ0v) is 11.5. The van der Waals surface area contributed by atoms with Gasteiger partial charge < -0.3 is 5.11 Å². The highest BCUT2D eigenvalue weighted by Crippen LogP contribution is 2.25. The Morgan fingerprint density at radius 1 is 1.47 bits per heavy atom. The van der Waals surface area contributed by atoms with Crippen molar-refractivity contribution in [2.24, 2.45) is 0 Å². The Hall–Kier alpha value is -1.58. The lowest BCUT2D eigenvalue weighted by atomic mass is 10.2. The molecule has 0 radical (unpaired) electrons. The summed E-state index contributed by atoms with van der Waals surface area (Å²) in [5.41, 5.74) is -0.771. The molecular formula is C12H10ClFO4S. The minimum Gasteiger partial charge on any atom is -0.478 e. The second kappa shape index (κ2) is 6.04. The van der Waals surface area contributed by atoms with Gasteiger partial charge in [0.15, 0.2) is 15.7 Å². The molecule has 7 heteroatoms. The summed E-state index contributed by atoms with van der Waals surface area (Å²) < 4.78 is 37.6. The Labute approximate surface area is 115 Å². The van der Waals surface area contributed by atoms with E-state index in [0.717, 1.165) is 12.1 Å². The summed E-state index contributed by atoms with van der Waals surface area (Å²) in [4.78, 5) is 10.1. The molecule has 102 valence electrons. The van der Waals surface area contributed by atoms with Crippen LogP contribution < -0.4 is 0 Å². The van der Waals surface area contributed by atoms with Gasteiger partial charge in [-0.2, -0.15) is 0 Å². The van der Waals surface area contributed by atoms with Crippen LogP contribution in [0.2, 0.25) is 5.02 Å². The zero-order valence-electron chi connectivity index (χ0n) is 9.91. The first-order valence-corrected chi connectivity index (χ1v) is 7.17. The minimum absolute atomic E-state index is 0.0349. The van der Waals surface area contributed by atoms with Crippen LogP contribution in [0.1, 0.15) is 23.7 Å². The molecule has 0 saturated heterocycles. The summed E-state index contributed by atoms with van der Waals surface area (Å²) in [5, 5.41) is 8.62. The molecule has 0 atom stereocenters. The maximum absolute atomic E-state index is 13.9. The predicted octanol–water partition coefficient (Wildman–Crippen LogP) is 2.36. The highest BCUT2D eigenvalue weighted by atomic mass is 35.5. The summed E-state index contributed by atoms with van der Waals surface area (Å²) >= 11 is 5.61. The Balaban J connectivity index is 3.33. The van der Waals surface area contributed by atoms with E-state index in [9.17, 15) is 17.6 Å². The Bertz CT molecular complexity index is 671. The highest BCUT2D eigenvalue weighted by Gasteiger charge is 2.24. The third-order valence-electron chi connectivity index (χ3n) is 2.24. The van der Waals surface area contributed by atoms with Crippen LogP contribution in [0.4, 0.5) is 4.39 Å². The van der Waals surface area contributed by atoms with Gasteiger partial charge in [0.2, 0.25) is 0 Å². The minimum atomic E-state index is -3.97. The third kappa shape index (κ3) is 3.69. The second-order valence-corrected chi connectivity index (χ2v) is 6.08. The number of aromatic carboxylic acids is 1. The van der Waals surface area contributed by atoms with Gasteiger partial charge in [-0.15, -0.1) is 11.8 Å². The molecule has 0 aliphatic heterocycles. The van der Waals surface area contributed by atoms with Gasteiger partial charge >= 0.3 is 5.97 Å². The molecule has 19 heavy (non-hydrogen) atoms. The molecule has 0 aliphatic rings. The van der Waals surface area contributed by atoms with Crippen LogP contribution in [0.3, 0.4) is 0 Å². The van der Waals surface area contributed by atoms with Gasteiger partial charge in [0, 0.05) is 11.4 Å². The maximum atomic E-state index is 13.9. The van der Waals surface area contributed by atoms with E-state index in [0.29, 0.717) is 0 Å². The summed E-state index contributed by atoms with van der Waals surface area (Å²) in [7, 11) is -3.97. The van der Waals surface area contributed by atoms with Gasteiger partial charge in [-0.3, -0.25) is 0 Å². The number of halogens is 2. The fourth-order valence-corrected chi connectivity index (χ4v) is 2.93. The number of rotatable bonds is 4. The van der Waals surface area contributed by atoms with Gasteiger partial charge in [0.05, 0.1) is 11.3 Å². The standard InChI is InChI=1S/C12H10ClFO4S/c1-2-3-4-5-19(17,18)10-7-8(13)6-9(11(10)14)12(15)16/h6-7H,4-5H2,1H3,(H,15,16). The van der Waals surface area contributed by atoms with E-state index >= 15 is 0 Å². The van der Waals surface area contributed by atoms with E-state index < -0.39 is 37.8 Å². The zero-order chi connectivity index (χ0) is 14.6. The highest BCUT2D eigenvalue weighted by molar-refractivity contribution is 7.91. The maximum Gasteiger partial charge on any atom is 0.338 e. The van der Waals surface area contributed by atoms with E-state index in [4.69, 9.17) is 16.7 Å². The topological polar surface area (TPSA) is 71.4 Å². The van der Waals surface area contributed by atoms with Crippen LogP contribution in [0.15, 0.2) is 17.0 Å². The number of carboxylic acid groups (broad SMARTS) is 1. The summed E-state index contributed by atoms with van der Waals surface area (Å²) in [5.74, 6) is 1.78. The molecule has 0 saturated carbocycles. The molecule has 4 nitrogen and oxygen atoms in total. The Kier molecular flexibility index (Phi) is 4.92. The van der Waals surface area contributed by atoms with E-state index in [1.807, 2.05) is 0 Å². The van der Waals surface area contributed by atoms with Crippen molar-refractivity contribution in [3.8, 4) is 11.8 Å². The number of sulfone groups is 1. The van der Waals surface area contributed by atoms with Crippen LogP contribution in [-0.2, 0) is 9.84 Å². The first-order valence-electron chi connectivity index (χ1n) is 5.14. The van der Waals surface area contributed by atoms with Crippen molar-refractivity contribution in [3.63, 3.8) is 0 Å². The molecule has 1 aromatic carbocycles. The van der Waals surface area contributed by atoms with Crippen molar-refractivity contribution in [1.29, 1.82) is 0 Å². The smallest absolute Gasteiger partial charge is 0.338 e. The first-order chi connectivity index (χ1) is 8.79. The molecule has 0 aromatic heterocycles. The van der Waals surface area contributed by atoms with Crippen molar-refractivity contribution >= 4 is 27.4 Å². The van der Waals surface area contributed by atoms with E-state index in [1.165, 1.54) is 0 Å². The molecule has 0 aliphatic carbocycles. The molecule has 1 aromatic rings. The molecule has 0 bridgehead atoms. The molecular weight excluding hydrogens is 295 g/mol. The van der Waals surface area contributed by atoms with Crippen LogP contribution >= 0.6 is 11.6 Å². The molecule has 1 N–H and O–H groups in total. The Morgan fingerprint density at radius 3 is 2.63 bits per heavy atom. The monoisotopic (exact) mass is 304 g/mol. The van der Waals surface area contributed by atoms with Crippen molar-refractivity contribution in [1.82, 2.24) is 0 Å². The summed E-state index contributed by atoms with van der Waals surface area (Å²) in [6, 6.07) is 1.77. The number of carbonyl (C=O) groups is 1.